The molecule has 0 amide bonds. The van der Waals surface area contributed by atoms with Crippen molar-refractivity contribution >= 4 is 11.8 Å². The average molecular weight is 244 g/mol. The standard InChI is InChI=1S/C13H28N2S/c1-5-7-14-8-6-11(2)15-9-12(3)16-13(4)10-15/h11-14H,5-10H2,1-4H3. The Balaban J connectivity index is 2.21. The summed E-state index contributed by atoms with van der Waals surface area (Å²) in [6.45, 7) is 14.2. The number of hydrogen-bond acceptors (Lipinski definition) is 3. The van der Waals surface area contributed by atoms with Crippen LogP contribution in [0.5, 0.6) is 0 Å². The van der Waals surface area contributed by atoms with Crippen LogP contribution in [0.15, 0.2) is 0 Å². The fraction of sp³-hybridized carbons (Fsp3) is 1.00. The first-order valence-corrected chi connectivity index (χ1v) is 7.68. The van der Waals surface area contributed by atoms with Gasteiger partial charge < -0.3 is 5.32 Å². The van der Waals surface area contributed by atoms with E-state index in [4.69, 9.17) is 0 Å². The zero-order valence-electron chi connectivity index (χ0n) is 11.3. The maximum atomic E-state index is 3.50. The molecule has 1 aliphatic rings. The average Bonchev–Trinajstić information content (AvgIpc) is 2.22. The number of thioether (sulfide) groups is 1. The van der Waals surface area contributed by atoms with Gasteiger partial charge in [0.2, 0.25) is 0 Å². The molecule has 1 aliphatic heterocycles. The Morgan fingerprint density at radius 3 is 2.44 bits per heavy atom. The minimum Gasteiger partial charge on any atom is -0.317 e. The van der Waals surface area contributed by atoms with Crippen molar-refractivity contribution in [2.45, 2.75) is 57.1 Å². The topological polar surface area (TPSA) is 15.3 Å². The highest BCUT2D eigenvalue weighted by Crippen LogP contribution is 2.26. The smallest absolute Gasteiger partial charge is 0.0149 e. The van der Waals surface area contributed by atoms with Crippen LogP contribution >= 0.6 is 11.8 Å². The zero-order valence-corrected chi connectivity index (χ0v) is 12.1. The first-order valence-electron chi connectivity index (χ1n) is 6.73. The van der Waals surface area contributed by atoms with Crippen molar-refractivity contribution in [3.8, 4) is 0 Å². The summed E-state index contributed by atoms with van der Waals surface area (Å²) in [6, 6.07) is 0.732. The van der Waals surface area contributed by atoms with E-state index in [1.54, 1.807) is 0 Å². The molecule has 96 valence electrons. The molecule has 3 atom stereocenters. The summed E-state index contributed by atoms with van der Waals surface area (Å²) < 4.78 is 0. The first kappa shape index (κ1) is 14.3. The molecule has 1 fully saturated rings. The van der Waals surface area contributed by atoms with Crippen molar-refractivity contribution in [1.29, 1.82) is 0 Å². The lowest BCUT2D eigenvalue weighted by Gasteiger charge is -2.38. The highest BCUT2D eigenvalue weighted by atomic mass is 32.2. The molecule has 2 nitrogen and oxygen atoms in total. The first-order chi connectivity index (χ1) is 7.63. The van der Waals surface area contributed by atoms with Gasteiger partial charge in [0.15, 0.2) is 0 Å². The monoisotopic (exact) mass is 244 g/mol. The van der Waals surface area contributed by atoms with E-state index in [0.29, 0.717) is 0 Å². The van der Waals surface area contributed by atoms with Crippen LogP contribution in [0.3, 0.4) is 0 Å². The Kier molecular flexibility index (Phi) is 6.78. The molecule has 1 heterocycles. The molecule has 0 aliphatic carbocycles. The van der Waals surface area contributed by atoms with Crippen LogP contribution in [0.4, 0.5) is 0 Å². The van der Waals surface area contributed by atoms with Gasteiger partial charge in [0.05, 0.1) is 0 Å². The predicted molar refractivity (Wildman–Crippen MR) is 75.3 cm³/mol. The van der Waals surface area contributed by atoms with Gasteiger partial charge in [0, 0.05) is 29.6 Å². The molecular formula is C13H28N2S. The van der Waals surface area contributed by atoms with E-state index in [1.807, 2.05) is 0 Å². The molecule has 0 aromatic rings. The Hall–Kier alpha value is 0.270. The maximum absolute atomic E-state index is 3.50. The van der Waals surface area contributed by atoms with Crippen LogP contribution in [0, 0.1) is 0 Å². The molecular weight excluding hydrogens is 216 g/mol. The Bertz CT molecular complexity index is 177. The molecule has 3 unspecified atom stereocenters. The van der Waals surface area contributed by atoms with E-state index < -0.39 is 0 Å². The van der Waals surface area contributed by atoms with E-state index in [0.717, 1.165) is 23.1 Å². The van der Waals surface area contributed by atoms with Gasteiger partial charge in [-0.05, 0) is 32.9 Å². The molecule has 0 radical (unpaired) electrons. The van der Waals surface area contributed by atoms with Crippen LogP contribution in [-0.2, 0) is 0 Å². The summed E-state index contributed by atoms with van der Waals surface area (Å²) in [7, 11) is 0. The molecule has 1 saturated heterocycles. The highest BCUT2D eigenvalue weighted by molar-refractivity contribution is 8.00. The SMILES string of the molecule is CCCNCCC(C)N1CC(C)SC(C)C1. The van der Waals surface area contributed by atoms with Crippen LogP contribution in [0.25, 0.3) is 0 Å². The third kappa shape index (κ3) is 5.07. The largest absolute Gasteiger partial charge is 0.317 e. The van der Waals surface area contributed by atoms with Crippen LogP contribution in [0.2, 0.25) is 0 Å². The quantitative estimate of drug-likeness (QED) is 0.723. The van der Waals surface area contributed by atoms with Crippen molar-refractivity contribution in [2.75, 3.05) is 26.2 Å². The Morgan fingerprint density at radius 2 is 1.88 bits per heavy atom. The molecule has 0 spiro atoms. The van der Waals surface area contributed by atoms with Crippen molar-refractivity contribution in [2.24, 2.45) is 0 Å². The summed E-state index contributed by atoms with van der Waals surface area (Å²) in [5.41, 5.74) is 0. The molecule has 0 bridgehead atoms. The molecule has 1 rings (SSSR count). The molecule has 0 aromatic heterocycles. The molecule has 0 aromatic carbocycles. The lowest BCUT2D eigenvalue weighted by atomic mass is 10.1. The highest BCUT2D eigenvalue weighted by Gasteiger charge is 2.25. The van der Waals surface area contributed by atoms with Gasteiger partial charge in [0.1, 0.15) is 0 Å². The summed E-state index contributed by atoms with van der Waals surface area (Å²) in [5, 5.41) is 5.10. The molecule has 3 heteroatoms. The van der Waals surface area contributed by atoms with Gasteiger partial charge in [-0.25, -0.2) is 0 Å². The zero-order chi connectivity index (χ0) is 12.0. The van der Waals surface area contributed by atoms with Gasteiger partial charge in [-0.2, -0.15) is 11.8 Å². The van der Waals surface area contributed by atoms with Gasteiger partial charge in [-0.1, -0.05) is 20.8 Å². The lowest BCUT2D eigenvalue weighted by Crippen LogP contribution is -2.46. The Morgan fingerprint density at radius 1 is 1.25 bits per heavy atom. The summed E-state index contributed by atoms with van der Waals surface area (Å²) >= 11 is 2.14. The van der Waals surface area contributed by atoms with Crippen LogP contribution in [-0.4, -0.2) is 47.6 Å². The van der Waals surface area contributed by atoms with Gasteiger partial charge in [-0.15, -0.1) is 0 Å². The third-order valence-corrected chi connectivity index (χ3v) is 4.46. The fourth-order valence-electron chi connectivity index (χ4n) is 2.37. The minimum atomic E-state index is 0.732. The predicted octanol–water partition coefficient (Wildman–Crippen LogP) is 2.59. The second-order valence-corrected chi connectivity index (χ2v) is 6.98. The Labute approximate surface area is 106 Å². The van der Waals surface area contributed by atoms with Crippen LogP contribution in [0.1, 0.15) is 40.5 Å². The van der Waals surface area contributed by atoms with E-state index in [1.165, 1.54) is 32.5 Å². The van der Waals surface area contributed by atoms with Crippen LogP contribution < -0.4 is 5.32 Å². The van der Waals surface area contributed by atoms with Crippen molar-refractivity contribution < 1.29 is 0 Å². The van der Waals surface area contributed by atoms with Gasteiger partial charge in [0.25, 0.3) is 0 Å². The minimum absolute atomic E-state index is 0.732. The lowest BCUT2D eigenvalue weighted by molar-refractivity contribution is 0.196. The number of hydrogen-bond donors (Lipinski definition) is 1. The van der Waals surface area contributed by atoms with E-state index in [-0.39, 0.29) is 0 Å². The van der Waals surface area contributed by atoms with E-state index in [9.17, 15) is 0 Å². The fourth-order valence-corrected chi connectivity index (χ4v) is 3.72. The molecule has 0 saturated carbocycles. The van der Waals surface area contributed by atoms with E-state index in [2.05, 4.69) is 49.7 Å². The second-order valence-electron chi connectivity index (χ2n) is 5.10. The van der Waals surface area contributed by atoms with Crippen molar-refractivity contribution in [1.82, 2.24) is 10.2 Å². The summed E-state index contributed by atoms with van der Waals surface area (Å²) in [6.07, 6.45) is 2.52. The number of nitrogens with one attached hydrogen (secondary N) is 1. The van der Waals surface area contributed by atoms with Crippen molar-refractivity contribution in [3.05, 3.63) is 0 Å². The van der Waals surface area contributed by atoms with E-state index >= 15 is 0 Å². The summed E-state index contributed by atoms with van der Waals surface area (Å²) in [4.78, 5) is 2.67. The number of rotatable bonds is 6. The summed E-state index contributed by atoms with van der Waals surface area (Å²) in [5.74, 6) is 0. The van der Waals surface area contributed by atoms with Gasteiger partial charge >= 0.3 is 0 Å². The number of nitrogens with zero attached hydrogens (tertiary/aromatic N) is 1. The van der Waals surface area contributed by atoms with Crippen molar-refractivity contribution in [3.63, 3.8) is 0 Å². The second kappa shape index (κ2) is 7.57. The third-order valence-electron chi connectivity index (χ3n) is 3.24. The van der Waals surface area contributed by atoms with Gasteiger partial charge in [-0.3, -0.25) is 4.90 Å². The normalized spacial score (nSPS) is 29.2. The maximum Gasteiger partial charge on any atom is 0.0149 e. The molecule has 1 N–H and O–H groups in total. The molecule has 16 heavy (non-hydrogen) atoms.